The molecule has 6 nitrogen and oxygen atoms in total. The van der Waals surface area contributed by atoms with Crippen LogP contribution in [0.5, 0.6) is 5.75 Å². The van der Waals surface area contributed by atoms with E-state index in [4.69, 9.17) is 32.7 Å². The Bertz CT molecular complexity index is 893. The molecule has 0 saturated heterocycles. The molecule has 162 valence electrons. The number of aliphatic hydroxyl groups is 1. The molecule has 1 amide bonds. The van der Waals surface area contributed by atoms with E-state index in [2.05, 4.69) is 0 Å². The summed E-state index contributed by atoms with van der Waals surface area (Å²) in [4.78, 5) is 25.5. The van der Waals surface area contributed by atoms with Crippen molar-refractivity contribution in [3.63, 3.8) is 0 Å². The summed E-state index contributed by atoms with van der Waals surface area (Å²) in [6, 6.07) is 11.3. The SMILES string of the molecule is CN(CC(O)c1ccc(OC(=O)Cc2ccc(Cl)cc2Cl)cc1)C(=O)OC(C)(C)C. The number of amides is 1. The van der Waals surface area contributed by atoms with Gasteiger partial charge in [0.25, 0.3) is 0 Å². The molecule has 0 aliphatic carbocycles. The highest BCUT2D eigenvalue weighted by Crippen LogP contribution is 2.23. The Hall–Kier alpha value is -2.28. The molecule has 0 bridgehead atoms. The standard InChI is InChI=1S/C22H25Cl2NO5/c1-22(2,3)30-21(28)25(4)13-19(26)14-6-9-17(10-7-14)29-20(27)11-15-5-8-16(23)12-18(15)24/h5-10,12,19,26H,11,13H2,1-4H3. The van der Waals surface area contributed by atoms with Crippen LogP contribution in [0.25, 0.3) is 0 Å². The van der Waals surface area contributed by atoms with Gasteiger partial charge in [0.15, 0.2) is 0 Å². The Morgan fingerprint density at radius 1 is 1.10 bits per heavy atom. The van der Waals surface area contributed by atoms with Crippen LogP contribution < -0.4 is 4.74 Å². The number of ether oxygens (including phenoxy) is 2. The fourth-order valence-electron chi connectivity index (χ4n) is 2.53. The van der Waals surface area contributed by atoms with Crippen LogP contribution in [0.1, 0.15) is 38.0 Å². The molecule has 2 aromatic rings. The lowest BCUT2D eigenvalue weighted by Gasteiger charge is -2.26. The zero-order chi connectivity index (χ0) is 22.5. The van der Waals surface area contributed by atoms with E-state index in [0.717, 1.165) is 0 Å². The van der Waals surface area contributed by atoms with Crippen molar-refractivity contribution in [3.8, 4) is 5.75 Å². The number of carbonyl (C=O) groups excluding carboxylic acids is 2. The highest BCUT2D eigenvalue weighted by molar-refractivity contribution is 6.35. The van der Waals surface area contributed by atoms with Crippen molar-refractivity contribution in [2.45, 2.75) is 38.9 Å². The second kappa shape index (κ2) is 10.2. The lowest BCUT2D eigenvalue weighted by atomic mass is 10.1. The molecule has 1 unspecified atom stereocenters. The van der Waals surface area contributed by atoms with Crippen molar-refractivity contribution in [3.05, 3.63) is 63.6 Å². The van der Waals surface area contributed by atoms with Crippen LogP contribution in [-0.4, -0.2) is 41.3 Å². The predicted octanol–water partition coefficient (Wildman–Crippen LogP) is 5.04. The molecule has 0 saturated carbocycles. The number of aliphatic hydroxyl groups excluding tert-OH is 1. The van der Waals surface area contributed by atoms with E-state index in [9.17, 15) is 14.7 Å². The number of esters is 1. The minimum Gasteiger partial charge on any atom is -0.444 e. The van der Waals surface area contributed by atoms with Gasteiger partial charge in [0.2, 0.25) is 0 Å². The van der Waals surface area contributed by atoms with Crippen LogP contribution in [0.2, 0.25) is 10.0 Å². The van der Waals surface area contributed by atoms with Crippen LogP contribution in [0, 0.1) is 0 Å². The van der Waals surface area contributed by atoms with Gasteiger partial charge in [-0.1, -0.05) is 41.4 Å². The number of benzene rings is 2. The lowest BCUT2D eigenvalue weighted by molar-refractivity contribution is -0.133. The van der Waals surface area contributed by atoms with E-state index in [1.54, 1.807) is 70.3 Å². The van der Waals surface area contributed by atoms with Crippen LogP contribution in [0.3, 0.4) is 0 Å². The van der Waals surface area contributed by atoms with Gasteiger partial charge in [-0.3, -0.25) is 4.79 Å². The van der Waals surface area contributed by atoms with Gasteiger partial charge in [0, 0.05) is 17.1 Å². The van der Waals surface area contributed by atoms with Gasteiger partial charge in [-0.25, -0.2) is 4.79 Å². The van der Waals surface area contributed by atoms with Crippen LogP contribution in [0.15, 0.2) is 42.5 Å². The third-order valence-corrected chi connectivity index (χ3v) is 4.59. The molecular weight excluding hydrogens is 429 g/mol. The molecule has 8 heteroatoms. The molecule has 0 aliphatic rings. The molecule has 0 fully saturated rings. The third-order valence-electron chi connectivity index (χ3n) is 4.00. The number of halogens is 2. The van der Waals surface area contributed by atoms with Crippen molar-refractivity contribution in [1.82, 2.24) is 4.90 Å². The molecule has 2 rings (SSSR count). The van der Waals surface area contributed by atoms with Crippen molar-refractivity contribution in [1.29, 1.82) is 0 Å². The molecular formula is C22H25Cl2NO5. The summed E-state index contributed by atoms with van der Waals surface area (Å²) in [5.74, 6) is -0.140. The van der Waals surface area contributed by atoms with Gasteiger partial charge in [-0.2, -0.15) is 0 Å². The summed E-state index contributed by atoms with van der Waals surface area (Å²) in [5.41, 5.74) is 0.576. The predicted molar refractivity (Wildman–Crippen MR) is 116 cm³/mol. The zero-order valence-electron chi connectivity index (χ0n) is 17.3. The van der Waals surface area contributed by atoms with E-state index >= 15 is 0 Å². The number of hydrogen-bond acceptors (Lipinski definition) is 5. The summed E-state index contributed by atoms with van der Waals surface area (Å²) in [7, 11) is 1.55. The molecule has 1 N–H and O–H groups in total. The molecule has 30 heavy (non-hydrogen) atoms. The van der Waals surface area contributed by atoms with Gasteiger partial charge in [-0.15, -0.1) is 0 Å². The van der Waals surface area contributed by atoms with Crippen molar-refractivity contribution in [2.75, 3.05) is 13.6 Å². The monoisotopic (exact) mass is 453 g/mol. The van der Waals surface area contributed by atoms with Crippen LogP contribution in [-0.2, 0) is 16.0 Å². The topological polar surface area (TPSA) is 76.1 Å². The molecule has 0 spiro atoms. The van der Waals surface area contributed by atoms with Crippen molar-refractivity contribution < 1.29 is 24.2 Å². The van der Waals surface area contributed by atoms with Crippen molar-refractivity contribution >= 4 is 35.3 Å². The Balaban J connectivity index is 1.92. The summed E-state index contributed by atoms with van der Waals surface area (Å²) in [5, 5.41) is 11.3. The molecule has 0 radical (unpaired) electrons. The fourth-order valence-corrected chi connectivity index (χ4v) is 3.00. The highest BCUT2D eigenvalue weighted by atomic mass is 35.5. The molecule has 0 heterocycles. The number of likely N-dealkylation sites (N-methyl/N-ethyl adjacent to an activating group) is 1. The molecule has 0 aliphatic heterocycles. The second-order valence-corrected chi connectivity index (χ2v) is 8.68. The van der Waals surface area contributed by atoms with E-state index in [1.807, 2.05) is 0 Å². The highest BCUT2D eigenvalue weighted by Gasteiger charge is 2.22. The molecule has 2 aromatic carbocycles. The van der Waals surface area contributed by atoms with E-state index in [0.29, 0.717) is 26.9 Å². The van der Waals surface area contributed by atoms with Gasteiger partial charge in [0.05, 0.1) is 19.1 Å². The first-order chi connectivity index (χ1) is 13.9. The maximum atomic E-state index is 12.2. The Kier molecular flexibility index (Phi) is 8.12. The van der Waals surface area contributed by atoms with Gasteiger partial charge >= 0.3 is 12.1 Å². The Labute approximate surface area is 186 Å². The van der Waals surface area contributed by atoms with Gasteiger partial charge in [0.1, 0.15) is 11.4 Å². The van der Waals surface area contributed by atoms with E-state index in [1.165, 1.54) is 4.90 Å². The second-order valence-electron chi connectivity index (χ2n) is 7.83. The molecule has 0 aromatic heterocycles. The van der Waals surface area contributed by atoms with Crippen LogP contribution in [0.4, 0.5) is 4.79 Å². The largest absolute Gasteiger partial charge is 0.444 e. The van der Waals surface area contributed by atoms with Crippen molar-refractivity contribution in [2.24, 2.45) is 0 Å². The van der Waals surface area contributed by atoms with E-state index < -0.39 is 23.8 Å². The zero-order valence-corrected chi connectivity index (χ0v) is 18.8. The summed E-state index contributed by atoms with van der Waals surface area (Å²) in [6.07, 6.45) is -1.44. The lowest BCUT2D eigenvalue weighted by Crippen LogP contribution is -2.36. The number of rotatable bonds is 6. The minimum absolute atomic E-state index is 0.00105. The smallest absolute Gasteiger partial charge is 0.410 e. The number of nitrogens with zero attached hydrogens (tertiary/aromatic N) is 1. The Morgan fingerprint density at radius 2 is 1.73 bits per heavy atom. The maximum absolute atomic E-state index is 12.2. The fraction of sp³-hybridized carbons (Fsp3) is 0.364. The Morgan fingerprint density at radius 3 is 2.30 bits per heavy atom. The number of hydrogen-bond donors (Lipinski definition) is 1. The summed E-state index contributed by atoms with van der Waals surface area (Å²) < 4.78 is 10.6. The first kappa shape index (κ1) is 24.0. The third kappa shape index (κ3) is 7.52. The maximum Gasteiger partial charge on any atom is 0.410 e. The first-order valence-corrected chi connectivity index (χ1v) is 10.1. The normalized spacial score (nSPS) is 12.2. The number of carbonyl (C=O) groups is 2. The van der Waals surface area contributed by atoms with E-state index in [-0.39, 0.29) is 13.0 Å². The average Bonchev–Trinajstić information content (AvgIpc) is 2.63. The summed E-state index contributed by atoms with van der Waals surface area (Å²) >= 11 is 11.9. The quantitative estimate of drug-likeness (QED) is 0.489. The average molecular weight is 454 g/mol. The van der Waals surface area contributed by atoms with Crippen LogP contribution >= 0.6 is 23.2 Å². The van der Waals surface area contributed by atoms with Gasteiger partial charge < -0.3 is 19.5 Å². The molecule has 1 atom stereocenters. The minimum atomic E-state index is -0.917. The first-order valence-electron chi connectivity index (χ1n) is 9.31. The summed E-state index contributed by atoms with van der Waals surface area (Å²) in [6.45, 7) is 5.38. The van der Waals surface area contributed by atoms with Gasteiger partial charge in [-0.05, 0) is 56.2 Å².